The van der Waals surface area contributed by atoms with Crippen molar-refractivity contribution < 1.29 is 9.53 Å². The monoisotopic (exact) mass is 307 g/mol. The number of aryl methyl sites for hydroxylation is 1. The Morgan fingerprint density at radius 3 is 3.10 bits per heavy atom. The lowest BCUT2D eigenvalue weighted by Crippen LogP contribution is -2.38. The number of halogens is 1. The zero-order chi connectivity index (χ0) is 14.8. The molecule has 1 aliphatic heterocycles. The fourth-order valence-electron chi connectivity index (χ4n) is 2.87. The van der Waals surface area contributed by atoms with Gasteiger partial charge in [-0.25, -0.2) is 4.98 Å². The largest absolute Gasteiger partial charge is 0.497 e. The molecule has 1 saturated heterocycles. The van der Waals surface area contributed by atoms with Crippen LogP contribution in [0.3, 0.4) is 0 Å². The highest BCUT2D eigenvalue weighted by Crippen LogP contribution is 2.28. The van der Waals surface area contributed by atoms with Gasteiger partial charge in [0.15, 0.2) is 0 Å². The minimum Gasteiger partial charge on any atom is -0.497 e. The Labute approximate surface area is 128 Å². The van der Waals surface area contributed by atoms with Crippen LogP contribution >= 0.6 is 11.6 Å². The van der Waals surface area contributed by atoms with Gasteiger partial charge in [-0.1, -0.05) is 0 Å². The molecule has 0 saturated carbocycles. The maximum atomic E-state index is 12.2. The summed E-state index contributed by atoms with van der Waals surface area (Å²) >= 11 is 5.89. The third kappa shape index (κ3) is 2.58. The summed E-state index contributed by atoms with van der Waals surface area (Å²) < 4.78 is 7.28. The molecule has 1 aromatic carbocycles. The first-order valence-corrected chi connectivity index (χ1v) is 7.66. The number of rotatable bonds is 4. The smallest absolute Gasteiger partial charge is 0.243 e. The second kappa shape index (κ2) is 5.93. The van der Waals surface area contributed by atoms with Crippen LogP contribution in [-0.2, 0) is 11.2 Å². The molecule has 1 N–H and O–H groups in total. The number of imidazole rings is 1. The maximum Gasteiger partial charge on any atom is 0.243 e. The summed E-state index contributed by atoms with van der Waals surface area (Å²) in [7, 11) is 1.63. The number of ether oxygens (including phenoxy) is 1. The first kappa shape index (κ1) is 14.2. The quantitative estimate of drug-likeness (QED) is 0.882. The van der Waals surface area contributed by atoms with Crippen LogP contribution in [0, 0.1) is 0 Å². The van der Waals surface area contributed by atoms with E-state index in [1.165, 1.54) is 0 Å². The Bertz CT molecular complexity index is 668. The predicted octanol–water partition coefficient (Wildman–Crippen LogP) is 2.28. The summed E-state index contributed by atoms with van der Waals surface area (Å²) in [5.74, 6) is 2.16. The van der Waals surface area contributed by atoms with Crippen LogP contribution in [0.5, 0.6) is 5.75 Å². The molecular weight excluding hydrogens is 290 g/mol. The van der Waals surface area contributed by atoms with Crippen molar-refractivity contribution in [3.8, 4) is 5.75 Å². The van der Waals surface area contributed by atoms with Crippen LogP contribution in [0.25, 0.3) is 11.0 Å². The van der Waals surface area contributed by atoms with E-state index in [1.807, 2.05) is 22.8 Å². The van der Waals surface area contributed by atoms with Crippen molar-refractivity contribution in [3.63, 3.8) is 0 Å². The van der Waals surface area contributed by atoms with Gasteiger partial charge in [0, 0.05) is 24.9 Å². The number of nitrogens with zero attached hydrogens (tertiary/aromatic N) is 2. The lowest BCUT2D eigenvalue weighted by molar-refractivity contribution is -0.125. The predicted molar refractivity (Wildman–Crippen MR) is 82.0 cm³/mol. The average Bonchev–Trinajstić information content (AvgIpc) is 2.85. The number of hydrogen-bond donors (Lipinski definition) is 1. The molecule has 1 aliphatic rings. The first-order valence-electron chi connectivity index (χ1n) is 7.13. The molecule has 6 heteroatoms. The van der Waals surface area contributed by atoms with E-state index in [2.05, 4.69) is 10.3 Å². The van der Waals surface area contributed by atoms with E-state index < -0.39 is 0 Å². The van der Waals surface area contributed by atoms with Crippen LogP contribution in [-0.4, -0.2) is 35.0 Å². The Morgan fingerprint density at radius 1 is 1.52 bits per heavy atom. The molecular formula is C15H18ClN3O2. The van der Waals surface area contributed by atoms with Crippen molar-refractivity contribution in [1.29, 1.82) is 0 Å². The number of alkyl halides is 1. The van der Waals surface area contributed by atoms with Gasteiger partial charge in [-0.2, -0.15) is 0 Å². The summed E-state index contributed by atoms with van der Waals surface area (Å²) in [6.45, 7) is 0.751. The van der Waals surface area contributed by atoms with E-state index in [4.69, 9.17) is 16.3 Å². The number of aromatic nitrogens is 2. The maximum absolute atomic E-state index is 12.2. The number of benzene rings is 1. The van der Waals surface area contributed by atoms with Crippen molar-refractivity contribution >= 4 is 28.5 Å². The highest BCUT2D eigenvalue weighted by atomic mass is 35.5. The van der Waals surface area contributed by atoms with E-state index in [0.29, 0.717) is 12.3 Å². The third-order valence-corrected chi connectivity index (χ3v) is 4.04. The summed E-state index contributed by atoms with van der Waals surface area (Å²) in [6, 6.07) is 5.55. The second-order valence-corrected chi connectivity index (χ2v) is 5.52. The van der Waals surface area contributed by atoms with Crippen molar-refractivity contribution in [1.82, 2.24) is 14.9 Å². The van der Waals surface area contributed by atoms with Crippen molar-refractivity contribution in [2.45, 2.75) is 25.3 Å². The molecule has 2 heterocycles. The zero-order valence-electron chi connectivity index (χ0n) is 11.9. The van der Waals surface area contributed by atoms with Gasteiger partial charge in [0.25, 0.3) is 0 Å². The molecule has 0 spiro atoms. The second-order valence-electron chi connectivity index (χ2n) is 5.14. The molecule has 1 fully saturated rings. The minimum absolute atomic E-state index is 0.0622. The van der Waals surface area contributed by atoms with E-state index in [9.17, 15) is 4.79 Å². The molecule has 21 heavy (non-hydrogen) atoms. The molecule has 112 valence electrons. The number of piperidine rings is 1. The molecule has 1 amide bonds. The van der Waals surface area contributed by atoms with Gasteiger partial charge in [0.1, 0.15) is 17.6 Å². The summed E-state index contributed by atoms with van der Waals surface area (Å²) in [5.41, 5.74) is 1.80. The Morgan fingerprint density at radius 2 is 2.38 bits per heavy atom. The molecule has 1 aromatic heterocycles. The lowest BCUT2D eigenvalue weighted by Gasteiger charge is -2.25. The van der Waals surface area contributed by atoms with Gasteiger partial charge in [-0.3, -0.25) is 4.79 Å². The van der Waals surface area contributed by atoms with E-state index in [1.54, 1.807) is 7.11 Å². The third-order valence-electron chi connectivity index (χ3n) is 3.86. The van der Waals surface area contributed by atoms with E-state index >= 15 is 0 Å². The number of carbonyl (C=O) groups excluding carboxylic acids is 1. The standard InChI is InChI=1S/C15H18ClN3O2/c1-21-10-4-5-12-11(9-10)18-14(6-7-16)19(12)13-3-2-8-17-15(13)20/h4-5,9,13H,2-3,6-8H2,1H3,(H,17,20). The van der Waals surface area contributed by atoms with E-state index in [0.717, 1.165) is 42.0 Å². The number of hydrogen-bond acceptors (Lipinski definition) is 3. The first-order chi connectivity index (χ1) is 10.2. The SMILES string of the molecule is COc1ccc2c(c1)nc(CCCl)n2C1CCCNC1=O. The topological polar surface area (TPSA) is 56.1 Å². The summed E-state index contributed by atoms with van der Waals surface area (Å²) in [6.07, 6.45) is 2.45. The number of methoxy groups -OCH3 is 1. The molecule has 3 rings (SSSR count). The van der Waals surface area contributed by atoms with Crippen molar-refractivity contribution in [2.75, 3.05) is 19.5 Å². The molecule has 0 aliphatic carbocycles. The van der Waals surface area contributed by atoms with Crippen LogP contribution in [0.15, 0.2) is 18.2 Å². The summed E-state index contributed by atoms with van der Waals surface area (Å²) in [4.78, 5) is 16.8. The van der Waals surface area contributed by atoms with Crippen LogP contribution in [0.1, 0.15) is 24.7 Å². The highest BCUT2D eigenvalue weighted by Gasteiger charge is 2.27. The highest BCUT2D eigenvalue weighted by molar-refractivity contribution is 6.17. The number of fused-ring (bicyclic) bond motifs is 1. The van der Waals surface area contributed by atoms with Gasteiger partial charge in [-0.15, -0.1) is 11.6 Å². The van der Waals surface area contributed by atoms with Crippen LogP contribution < -0.4 is 10.1 Å². The zero-order valence-corrected chi connectivity index (χ0v) is 12.7. The lowest BCUT2D eigenvalue weighted by atomic mass is 10.1. The molecule has 0 bridgehead atoms. The molecule has 0 radical (unpaired) electrons. The molecule has 5 nitrogen and oxygen atoms in total. The Balaban J connectivity index is 2.13. The number of amides is 1. The molecule has 1 unspecified atom stereocenters. The van der Waals surface area contributed by atoms with Crippen molar-refractivity contribution in [2.24, 2.45) is 0 Å². The van der Waals surface area contributed by atoms with Gasteiger partial charge < -0.3 is 14.6 Å². The normalized spacial score (nSPS) is 18.8. The molecule has 1 atom stereocenters. The minimum atomic E-state index is -0.199. The summed E-state index contributed by atoms with van der Waals surface area (Å²) in [5, 5.41) is 2.93. The van der Waals surface area contributed by atoms with E-state index in [-0.39, 0.29) is 11.9 Å². The van der Waals surface area contributed by atoms with Gasteiger partial charge >= 0.3 is 0 Å². The fraction of sp³-hybridized carbons (Fsp3) is 0.467. The molecule has 2 aromatic rings. The van der Waals surface area contributed by atoms with Crippen LogP contribution in [0.4, 0.5) is 0 Å². The van der Waals surface area contributed by atoms with Gasteiger partial charge in [0.2, 0.25) is 5.91 Å². The Kier molecular flexibility index (Phi) is 4.01. The van der Waals surface area contributed by atoms with Crippen molar-refractivity contribution in [3.05, 3.63) is 24.0 Å². The fourth-order valence-corrected chi connectivity index (χ4v) is 3.04. The van der Waals surface area contributed by atoms with Gasteiger partial charge in [-0.05, 0) is 25.0 Å². The number of carbonyl (C=O) groups is 1. The van der Waals surface area contributed by atoms with Crippen LogP contribution in [0.2, 0.25) is 0 Å². The number of nitrogens with one attached hydrogen (secondary N) is 1. The average molecular weight is 308 g/mol. The Hall–Kier alpha value is -1.75. The van der Waals surface area contributed by atoms with Gasteiger partial charge in [0.05, 0.1) is 18.1 Å².